The van der Waals surface area contributed by atoms with E-state index in [1.807, 2.05) is 11.8 Å². The molecule has 1 aromatic rings. The Hall–Kier alpha value is -0.690. The standard InChI is InChI=1S/C13H14S/c1-3-10(4-1)11-6-7-13-12(9-11)5-2-8-14-13/h1,3,6-7,9-10H,2,4-5,8H2. The van der Waals surface area contributed by atoms with E-state index < -0.39 is 0 Å². The molecule has 2 aliphatic rings. The SMILES string of the molecule is C1=CC(c2ccc3c(c2)CCCS3)C1. The second-order valence-corrected chi connectivity index (χ2v) is 5.23. The molecule has 0 N–H and O–H groups in total. The monoisotopic (exact) mass is 202 g/mol. The van der Waals surface area contributed by atoms with Crippen LogP contribution in [0.4, 0.5) is 0 Å². The molecular formula is C13H14S. The van der Waals surface area contributed by atoms with Crippen molar-refractivity contribution in [2.45, 2.75) is 30.1 Å². The van der Waals surface area contributed by atoms with Crippen LogP contribution in [0.15, 0.2) is 35.2 Å². The molecule has 0 spiro atoms. The molecule has 0 aromatic heterocycles. The minimum absolute atomic E-state index is 0.715. The van der Waals surface area contributed by atoms with Gasteiger partial charge in [0.15, 0.2) is 0 Å². The molecule has 1 aliphatic heterocycles. The molecule has 1 aromatic carbocycles. The Morgan fingerprint density at radius 3 is 3.00 bits per heavy atom. The highest BCUT2D eigenvalue weighted by molar-refractivity contribution is 7.99. The third-order valence-electron chi connectivity index (χ3n) is 3.12. The van der Waals surface area contributed by atoms with E-state index in [4.69, 9.17) is 0 Å². The van der Waals surface area contributed by atoms with Crippen molar-refractivity contribution in [3.8, 4) is 0 Å². The maximum atomic E-state index is 2.43. The van der Waals surface area contributed by atoms with Crippen molar-refractivity contribution in [3.63, 3.8) is 0 Å². The fourth-order valence-corrected chi connectivity index (χ4v) is 3.15. The molecule has 1 heterocycles. The highest BCUT2D eigenvalue weighted by Gasteiger charge is 2.16. The number of hydrogen-bond donors (Lipinski definition) is 0. The van der Waals surface area contributed by atoms with Gasteiger partial charge in [0.25, 0.3) is 0 Å². The Morgan fingerprint density at radius 1 is 1.29 bits per heavy atom. The molecule has 1 unspecified atom stereocenters. The summed E-state index contributed by atoms with van der Waals surface area (Å²) >= 11 is 2.02. The van der Waals surface area contributed by atoms with Gasteiger partial charge in [-0.15, -0.1) is 11.8 Å². The average molecular weight is 202 g/mol. The molecule has 0 radical (unpaired) electrons. The molecule has 0 bridgehead atoms. The normalized spacial score (nSPS) is 24.1. The van der Waals surface area contributed by atoms with Gasteiger partial charge >= 0.3 is 0 Å². The number of benzene rings is 1. The van der Waals surface area contributed by atoms with Gasteiger partial charge in [-0.2, -0.15) is 0 Å². The molecule has 1 heteroatoms. The quantitative estimate of drug-likeness (QED) is 0.625. The van der Waals surface area contributed by atoms with Gasteiger partial charge in [-0.05, 0) is 42.2 Å². The number of thioether (sulfide) groups is 1. The number of hydrogen-bond acceptors (Lipinski definition) is 1. The third-order valence-corrected chi connectivity index (χ3v) is 4.32. The number of rotatable bonds is 1. The van der Waals surface area contributed by atoms with Crippen LogP contribution < -0.4 is 0 Å². The molecule has 3 rings (SSSR count). The Labute approximate surface area is 89.4 Å². The summed E-state index contributed by atoms with van der Waals surface area (Å²) in [5.41, 5.74) is 3.10. The molecule has 0 fully saturated rings. The minimum atomic E-state index is 0.715. The number of fused-ring (bicyclic) bond motifs is 1. The van der Waals surface area contributed by atoms with Crippen LogP contribution in [0.1, 0.15) is 29.9 Å². The topological polar surface area (TPSA) is 0 Å². The minimum Gasteiger partial charge on any atom is -0.126 e. The van der Waals surface area contributed by atoms with Gasteiger partial charge in [0.2, 0.25) is 0 Å². The van der Waals surface area contributed by atoms with Crippen molar-refractivity contribution < 1.29 is 0 Å². The first-order chi connectivity index (χ1) is 6.93. The fraction of sp³-hybridized carbons (Fsp3) is 0.385. The first-order valence-electron chi connectivity index (χ1n) is 5.36. The zero-order valence-corrected chi connectivity index (χ0v) is 9.02. The number of allylic oxidation sites excluding steroid dienone is 2. The fourth-order valence-electron chi connectivity index (χ4n) is 2.13. The Balaban J connectivity index is 1.96. The van der Waals surface area contributed by atoms with Crippen molar-refractivity contribution >= 4 is 11.8 Å². The molecule has 1 aliphatic carbocycles. The van der Waals surface area contributed by atoms with Gasteiger partial charge in [0.1, 0.15) is 0 Å². The van der Waals surface area contributed by atoms with E-state index in [9.17, 15) is 0 Å². The lowest BCUT2D eigenvalue weighted by atomic mass is 9.87. The number of aryl methyl sites for hydroxylation is 1. The lowest BCUT2D eigenvalue weighted by Gasteiger charge is -2.21. The lowest BCUT2D eigenvalue weighted by Crippen LogP contribution is -2.04. The summed E-state index contributed by atoms with van der Waals surface area (Å²) in [7, 11) is 0. The van der Waals surface area contributed by atoms with Crippen LogP contribution in [-0.4, -0.2) is 5.75 Å². The molecule has 14 heavy (non-hydrogen) atoms. The zero-order chi connectivity index (χ0) is 9.38. The largest absolute Gasteiger partial charge is 0.126 e. The lowest BCUT2D eigenvalue weighted by molar-refractivity contribution is 0.784. The van der Waals surface area contributed by atoms with Crippen molar-refractivity contribution in [3.05, 3.63) is 41.5 Å². The molecule has 72 valence electrons. The molecule has 0 amide bonds. The third kappa shape index (κ3) is 1.40. The van der Waals surface area contributed by atoms with Crippen molar-refractivity contribution in [2.24, 2.45) is 0 Å². The Kier molecular flexibility index (Phi) is 2.13. The van der Waals surface area contributed by atoms with Gasteiger partial charge < -0.3 is 0 Å². The molecule has 0 saturated heterocycles. The first kappa shape index (κ1) is 8.60. The maximum Gasteiger partial charge on any atom is 0.0104 e. The zero-order valence-electron chi connectivity index (χ0n) is 8.20. The van der Waals surface area contributed by atoms with Crippen LogP contribution in [0, 0.1) is 0 Å². The predicted molar refractivity (Wildman–Crippen MR) is 62.0 cm³/mol. The Morgan fingerprint density at radius 2 is 2.21 bits per heavy atom. The van der Waals surface area contributed by atoms with Crippen LogP contribution in [0.3, 0.4) is 0 Å². The van der Waals surface area contributed by atoms with Gasteiger partial charge in [-0.1, -0.05) is 24.3 Å². The van der Waals surface area contributed by atoms with Crippen LogP contribution in [0.2, 0.25) is 0 Å². The second-order valence-electron chi connectivity index (χ2n) is 4.09. The summed E-state index contributed by atoms with van der Waals surface area (Å²) in [6, 6.07) is 7.06. The van der Waals surface area contributed by atoms with Crippen molar-refractivity contribution in [1.82, 2.24) is 0 Å². The summed E-state index contributed by atoms with van der Waals surface area (Å²) in [5, 5.41) is 0. The van der Waals surface area contributed by atoms with E-state index in [1.54, 1.807) is 5.56 Å². The first-order valence-corrected chi connectivity index (χ1v) is 6.34. The molecular weight excluding hydrogens is 188 g/mol. The molecule has 0 nitrogen and oxygen atoms in total. The highest BCUT2D eigenvalue weighted by atomic mass is 32.2. The van der Waals surface area contributed by atoms with E-state index in [2.05, 4.69) is 30.4 Å². The smallest absolute Gasteiger partial charge is 0.0104 e. The van der Waals surface area contributed by atoms with Crippen LogP contribution in [0.25, 0.3) is 0 Å². The van der Waals surface area contributed by atoms with Gasteiger partial charge in [-0.25, -0.2) is 0 Å². The van der Waals surface area contributed by atoms with Crippen molar-refractivity contribution in [1.29, 1.82) is 0 Å². The van der Waals surface area contributed by atoms with E-state index in [1.165, 1.54) is 35.5 Å². The van der Waals surface area contributed by atoms with E-state index in [-0.39, 0.29) is 0 Å². The summed E-state index contributed by atoms with van der Waals surface area (Å²) < 4.78 is 0. The summed E-state index contributed by atoms with van der Waals surface area (Å²) in [4.78, 5) is 1.52. The van der Waals surface area contributed by atoms with Crippen LogP contribution >= 0.6 is 11.8 Å². The maximum absolute atomic E-state index is 2.43. The van der Waals surface area contributed by atoms with E-state index in [0.29, 0.717) is 5.92 Å². The van der Waals surface area contributed by atoms with Gasteiger partial charge in [0, 0.05) is 10.8 Å². The molecule has 0 saturated carbocycles. The summed E-state index contributed by atoms with van der Waals surface area (Å²) in [6.45, 7) is 0. The van der Waals surface area contributed by atoms with E-state index in [0.717, 1.165) is 0 Å². The van der Waals surface area contributed by atoms with Gasteiger partial charge in [-0.3, -0.25) is 0 Å². The average Bonchev–Trinajstić information content (AvgIpc) is 2.15. The predicted octanol–water partition coefficient (Wildman–Crippen LogP) is 3.77. The molecule has 1 atom stereocenters. The van der Waals surface area contributed by atoms with Crippen LogP contribution in [-0.2, 0) is 6.42 Å². The summed E-state index contributed by atoms with van der Waals surface area (Å²) in [6.07, 6.45) is 8.46. The Bertz CT molecular complexity index is 379. The second kappa shape index (κ2) is 3.47. The van der Waals surface area contributed by atoms with E-state index >= 15 is 0 Å². The summed E-state index contributed by atoms with van der Waals surface area (Å²) in [5.74, 6) is 2.02. The highest BCUT2D eigenvalue weighted by Crippen LogP contribution is 2.35. The van der Waals surface area contributed by atoms with Crippen molar-refractivity contribution in [2.75, 3.05) is 5.75 Å². The van der Waals surface area contributed by atoms with Crippen LogP contribution in [0.5, 0.6) is 0 Å². The van der Waals surface area contributed by atoms with Gasteiger partial charge in [0.05, 0.1) is 0 Å².